The van der Waals surface area contributed by atoms with Crippen LogP contribution in [-0.2, 0) is 6.54 Å². The van der Waals surface area contributed by atoms with E-state index in [2.05, 4.69) is 4.98 Å². The van der Waals surface area contributed by atoms with E-state index in [0.717, 1.165) is 6.07 Å². The van der Waals surface area contributed by atoms with Crippen molar-refractivity contribution in [3.8, 4) is 6.07 Å². The van der Waals surface area contributed by atoms with E-state index in [1.807, 2.05) is 0 Å². The third-order valence-corrected chi connectivity index (χ3v) is 1.84. The number of pyridine rings is 1. The summed E-state index contributed by atoms with van der Waals surface area (Å²) in [6, 6.07) is 2.83. The molecule has 0 atom stereocenters. The summed E-state index contributed by atoms with van der Waals surface area (Å²) >= 11 is 0. The molecule has 0 amide bonds. The lowest BCUT2D eigenvalue weighted by atomic mass is 10.1. The van der Waals surface area contributed by atoms with Gasteiger partial charge in [0.2, 0.25) is 0 Å². The quantitative estimate of drug-likeness (QED) is 0.761. The fourth-order valence-corrected chi connectivity index (χ4v) is 1.20. The molecule has 0 unspecified atom stereocenters. The van der Waals surface area contributed by atoms with E-state index in [0.29, 0.717) is 0 Å². The molecule has 0 saturated heterocycles. The summed E-state index contributed by atoms with van der Waals surface area (Å²) in [4.78, 5) is 14.0. The molecule has 1 aromatic rings. The predicted molar refractivity (Wildman–Crippen MR) is 47.2 cm³/mol. The second-order valence-electron chi connectivity index (χ2n) is 2.70. The summed E-state index contributed by atoms with van der Waals surface area (Å²) in [5.41, 5.74) is 4.30. The van der Waals surface area contributed by atoms with Crippen molar-refractivity contribution in [2.45, 2.75) is 13.0 Å². The molecule has 0 aliphatic heterocycles. The van der Waals surface area contributed by atoms with Gasteiger partial charge in [-0.15, -0.1) is 0 Å². The maximum atomic E-state index is 12.6. The van der Waals surface area contributed by atoms with Gasteiger partial charge in [0.15, 0.2) is 6.29 Å². The number of halogens is 2. The number of carbonyl (C=O) groups is 1. The topological polar surface area (TPSA) is 79.8 Å². The van der Waals surface area contributed by atoms with Crippen LogP contribution in [0.25, 0.3) is 0 Å². The first-order valence-electron chi connectivity index (χ1n) is 4.01. The van der Waals surface area contributed by atoms with Crippen LogP contribution in [0.5, 0.6) is 0 Å². The zero-order valence-electron chi connectivity index (χ0n) is 7.58. The highest BCUT2D eigenvalue weighted by molar-refractivity contribution is 5.75. The summed E-state index contributed by atoms with van der Waals surface area (Å²) in [6.45, 7) is -0.169. The average Bonchev–Trinajstić information content (AvgIpc) is 2.26. The maximum absolute atomic E-state index is 12.6. The normalized spacial score (nSPS) is 10.1. The van der Waals surface area contributed by atoms with Crippen molar-refractivity contribution in [2.75, 3.05) is 0 Å². The molecular formula is C9H7F2N3O. The number of hydrogen-bond donors (Lipinski definition) is 1. The molecule has 2 N–H and O–H groups in total. The predicted octanol–water partition coefficient (Wildman–Crippen LogP) is 1.16. The highest BCUT2D eigenvalue weighted by Gasteiger charge is 2.19. The van der Waals surface area contributed by atoms with Crippen LogP contribution in [0, 0.1) is 11.3 Å². The van der Waals surface area contributed by atoms with Gasteiger partial charge < -0.3 is 5.73 Å². The van der Waals surface area contributed by atoms with Crippen molar-refractivity contribution < 1.29 is 13.6 Å². The number of carbonyl (C=O) groups excluding carboxylic acids is 1. The molecule has 1 aromatic heterocycles. The Bertz CT molecular complexity index is 426. The van der Waals surface area contributed by atoms with E-state index in [-0.39, 0.29) is 24.1 Å². The molecule has 0 aliphatic carbocycles. The summed E-state index contributed by atoms with van der Waals surface area (Å²) in [6.07, 6.45) is -2.63. The number of nitrogens with two attached hydrogens (primary N) is 1. The molecule has 0 aliphatic rings. The Balaban J connectivity index is 3.47. The van der Waals surface area contributed by atoms with E-state index < -0.39 is 17.7 Å². The van der Waals surface area contributed by atoms with Gasteiger partial charge in [0.25, 0.3) is 6.43 Å². The Kier molecular flexibility index (Phi) is 3.42. The third kappa shape index (κ3) is 2.14. The van der Waals surface area contributed by atoms with Crippen LogP contribution in [0.1, 0.15) is 33.7 Å². The van der Waals surface area contributed by atoms with E-state index >= 15 is 0 Å². The molecular weight excluding hydrogens is 204 g/mol. The second kappa shape index (κ2) is 4.57. The number of nitriles is 1. The number of rotatable bonds is 3. The lowest BCUT2D eigenvalue weighted by molar-refractivity contribution is 0.110. The van der Waals surface area contributed by atoms with Gasteiger partial charge in [-0.2, -0.15) is 5.26 Å². The van der Waals surface area contributed by atoms with Gasteiger partial charge in [-0.05, 0) is 11.6 Å². The number of nitrogens with zero attached hydrogens (tertiary/aromatic N) is 2. The minimum absolute atomic E-state index is 0.0682. The second-order valence-corrected chi connectivity index (χ2v) is 2.70. The fourth-order valence-electron chi connectivity index (χ4n) is 1.20. The number of aldehydes is 1. The Morgan fingerprint density at radius 2 is 2.33 bits per heavy atom. The van der Waals surface area contributed by atoms with Gasteiger partial charge >= 0.3 is 0 Å². The van der Waals surface area contributed by atoms with Crippen molar-refractivity contribution >= 4 is 6.29 Å². The third-order valence-electron chi connectivity index (χ3n) is 1.84. The van der Waals surface area contributed by atoms with Gasteiger partial charge in [-0.3, -0.25) is 4.79 Å². The fraction of sp³-hybridized carbons (Fsp3) is 0.222. The standard InChI is InChI=1S/C9H7F2N3O/c10-9(11)8-5(2-12)1-6(3-13)14-7(8)4-15/h1,4,9H,2,12H2. The number of hydrogen-bond acceptors (Lipinski definition) is 4. The van der Waals surface area contributed by atoms with Crippen LogP contribution in [-0.4, -0.2) is 11.3 Å². The van der Waals surface area contributed by atoms with E-state index in [1.165, 1.54) is 0 Å². The molecule has 0 radical (unpaired) electrons. The summed E-state index contributed by atoms with van der Waals surface area (Å²) < 4.78 is 25.1. The highest BCUT2D eigenvalue weighted by atomic mass is 19.3. The molecule has 15 heavy (non-hydrogen) atoms. The van der Waals surface area contributed by atoms with Gasteiger partial charge in [0.1, 0.15) is 17.5 Å². The minimum Gasteiger partial charge on any atom is -0.326 e. The lowest BCUT2D eigenvalue weighted by Crippen LogP contribution is -2.08. The molecule has 4 nitrogen and oxygen atoms in total. The van der Waals surface area contributed by atoms with Gasteiger partial charge in [0, 0.05) is 6.54 Å². The summed E-state index contributed by atoms with van der Waals surface area (Å²) in [5.74, 6) is 0. The van der Waals surface area contributed by atoms with Crippen molar-refractivity contribution in [2.24, 2.45) is 5.73 Å². The first kappa shape index (κ1) is 11.2. The first-order valence-corrected chi connectivity index (χ1v) is 4.01. The van der Waals surface area contributed by atoms with E-state index in [1.54, 1.807) is 6.07 Å². The Labute approximate surface area is 84.3 Å². The van der Waals surface area contributed by atoms with Crippen LogP contribution >= 0.6 is 0 Å². The Hall–Kier alpha value is -1.87. The average molecular weight is 211 g/mol. The Morgan fingerprint density at radius 3 is 2.73 bits per heavy atom. The van der Waals surface area contributed by atoms with Crippen molar-refractivity contribution in [1.82, 2.24) is 4.98 Å². The van der Waals surface area contributed by atoms with Gasteiger partial charge in [-0.25, -0.2) is 13.8 Å². The van der Waals surface area contributed by atoms with Crippen LogP contribution in [0.4, 0.5) is 8.78 Å². The smallest absolute Gasteiger partial charge is 0.266 e. The molecule has 0 aromatic carbocycles. The zero-order valence-corrected chi connectivity index (χ0v) is 7.58. The summed E-state index contributed by atoms with van der Waals surface area (Å²) in [5, 5.41) is 8.55. The SMILES string of the molecule is N#Cc1cc(CN)c(C(F)F)c(C=O)n1. The molecule has 0 fully saturated rings. The van der Waals surface area contributed by atoms with Crippen molar-refractivity contribution in [1.29, 1.82) is 5.26 Å². The lowest BCUT2D eigenvalue weighted by Gasteiger charge is -2.08. The molecule has 0 saturated carbocycles. The first-order chi connectivity index (χ1) is 7.13. The van der Waals surface area contributed by atoms with Crippen LogP contribution in [0.3, 0.4) is 0 Å². The molecule has 1 heterocycles. The number of aromatic nitrogens is 1. The van der Waals surface area contributed by atoms with Crippen molar-refractivity contribution in [3.05, 3.63) is 28.6 Å². The highest BCUT2D eigenvalue weighted by Crippen LogP contribution is 2.25. The van der Waals surface area contributed by atoms with Crippen LogP contribution in [0.2, 0.25) is 0 Å². The number of alkyl halides is 2. The van der Waals surface area contributed by atoms with Crippen LogP contribution < -0.4 is 5.73 Å². The molecule has 0 bridgehead atoms. The zero-order chi connectivity index (χ0) is 11.4. The maximum Gasteiger partial charge on any atom is 0.266 e. The largest absolute Gasteiger partial charge is 0.326 e. The van der Waals surface area contributed by atoms with Crippen LogP contribution in [0.15, 0.2) is 6.07 Å². The van der Waals surface area contributed by atoms with Gasteiger partial charge in [0.05, 0.1) is 5.56 Å². The van der Waals surface area contributed by atoms with E-state index in [4.69, 9.17) is 11.0 Å². The molecule has 1 rings (SSSR count). The monoisotopic (exact) mass is 211 g/mol. The summed E-state index contributed by atoms with van der Waals surface area (Å²) in [7, 11) is 0. The van der Waals surface area contributed by atoms with Crippen molar-refractivity contribution in [3.63, 3.8) is 0 Å². The molecule has 6 heteroatoms. The Morgan fingerprint density at radius 1 is 1.67 bits per heavy atom. The minimum atomic E-state index is -2.83. The molecule has 0 spiro atoms. The van der Waals surface area contributed by atoms with E-state index in [9.17, 15) is 13.6 Å². The molecule has 78 valence electrons. The van der Waals surface area contributed by atoms with Gasteiger partial charge in [-0.1, -0.05) is 0 Å².